The molecule has 0 amide bonds. The van der Waals surface area contributed by atoms with Crippen LogP contribution in [0.4, 0.5) is 0 Å². The number of esters is 2. The molecule has 5 heteroatoms. The molecule has 0 heterocycles. The molecule has 0 radical (unpaired) electrons. The van der Waals surface area contributed by atoms with Gasteiger partial charge in [0.05, 0.1) is 25.4 Å². The lowest BCUT2D eigenvalue weighted by atomic mass is 9.72. The molecule has 0 spiro atoms. The fraction of sp³-hybridized carbons (Fsp3) is 0.586. The van der Waals surface area contributed by atoms with E-state index < -0.39 is 12.6 Å². The van der Waals surface area contributed by atoms with Crippen molar-refractivity contribution in [3.63, 3.8) is 0 Å². The van der Waals surface area contributed by atoms with Gasteiger partial charge in [0.1, 0.15) is 0 Å². The fourth-order valence-corrected chi connectivity index (χ4v) is 4.77. The van der Waals surface area contributed by atoms with E-state index in [2.05, 4.69) is 44.3 Å². The maximum atomic E-state index is 11.8. The summed E-state index contributed by atoms with van der Waals surface area (Å²) in [6.07, 6.45) is 9.54. The van der Waals surface area contributed by atoms with Crippen LogP contribution in [0.1, 0.15) is 82.3 Å². The highest BCUT2D eigenvalue weighted by atomic mass is 16.5. The maximum absolute atomic E-state index is 11.8. The van der Waals surface area contributed by atoms with Gasteiger partial charge < -0.3 is 14.6 Å². The van der Waals surface area contributed by atoms with E-state index in [-0.39, 0.29) is 18.1 Å². The topological polar surface area (TPSA) is 72.8 Å². The van der Waals surface area contributed by atoms with Crippen LogP contribution in [0, 0.1) is 11.8 Å². The Hall–Kier alpha value is -2.40. The normalized spacial score (nSPS) is 18.7. The Bertz CT molecular complexity index is 802. The van der Waals surface area contributed by atoms with Gasteiger partial charge in [-0.15, -0.1) is 0 Å². The molecule has 188 valence electrons. The molecular weight excluding hydrogens is 428 g/mol. The number of hydrogen-bond donors (Lipinski definition) is 1. The van der Waals surface area contributed by atoms with Gasteiger partial charge in [0.25, 0.3) is 0 Å². The van der Waals surface area contributed by atoms with Crippen molar-refractivity contribution in [3.05, 3.63) is 59.7 Å². The zero-order valence-corrected chi connectivity index (χ0v) is 21.0. The summed E-state index contributed by atoms with van der Waals surface area (Å²) in [4.78, 5) is 23.6. The highest BCUT2D eigenvalue weighted by Crippen LogP contribution is 2.40. The molecule has 1 aliphatic rings. The number of ether oxygens (including phenoxy) is 2. The Morgan fingerprint density at radius 1 is 1.00 bits per heavy atom. The zero-order chi connectivity index (χ0) is 24.9. The van der Waals surface area contributed by atoms with Crippen molar-refractivity contribution in [2.45, 2.75) is 77.6 Å². The third kappa shape index (κ3) is 9.09. The van der Waals surface area contributed by atoms with E-state index in [1.807, 2.05) is 0 Å². The molecular formula is C29H42O5. The van der Waals surface area contributed by atoms with Crippen LogP contribution in [0.5, 0.6) is 0 Å². The molecule has 34 heavy (non-hydrogen) atoms. The Kier molecular flexibility index (Phi) is 12.1. The molecule has 1 N–H and O–H groups in total. The van der Waals surface area contributed by atoms with Crippen LogP contribution < -0.4 is 0 Å². The predicted octanol–water partition coefficient (Wildman–Crippen LogP) is 5.91. The van der Waals surface area contributed by atoms with Crippen molar-refractivity contribution in [2.24, 2.45) is 11.8 Å². The number of aliphatic hydroxyl groups excluding tert-OH is 1. The molecule has 1 fully saturated rings. The van der Waals surface area contributed by atoms with E-state index in [1.165, 1.54) is 24.0 Å². The van der Waals surface area contributed by atoms with Crippen LogP contribution in [0.2, 0.25) is 0 Å². The molecule has 0 aliphatic heterocycles. The molecule has 1 aromatic carbocycles. The van der Waals surface area contributed by atoms with Crippen LogP contribution in [0.25, 0.3) is 0 Å². The Labute approximate surface area is 205 Å². The summed E-state index contributed by atoms with van der Waals surface area (Å²) in [5, 5.41) is 9.05. The summed E-state index contributed by atoms with van der Waals surface area (Å²) in [6.45, 7) is 11.2. The van der Waals surface area contributed by atoms with Gasteiger partial charge in [-0.05, 0) is 87.2 Å². The zero-order valence-electron chi connectivity index (χ0n) is 21.0. The number of rotatable bonds is 14. The molecule has 2 rings (SSSR count). The maximum Gasteiger partial charge on any atom is 0.335 e. The molecule has 0 saturated heterocycles. The second-order valence-corrected chi connectivity index (χ2v) is 9.61. The average Bonchev–Trinajstić information content (AvgIpc) is 2.86. The molecule has 1 atom stereocenters. The summed E-state index contributed by atoms with van der Waals surface area (Å²) >= 11 is 0. The van der Waals surface area contributed by atoms with Crippen molar-refractivity contribution >= 4 is 11.9 Å². The van der Waals surface area contributed by atoms with E-state index in [1.54, 1.807) is 6.92 Å². The largest absolute Gasteiger partial charge is 0.462 e. The van der Waals surface area contributed by atoms with Gasteiger partial charge in [0.15, 0.2) is 0 Å². The molecule has 0 bridgehead atoms. The van der Waals surface area contributed by atoms with E-state index in [4.69, 9.17) is 14.6 Å². The quantitative estimate of drug-likeness (QED) is 0.270. The van der Waals surface area contributed by atoms with Crippen molar-refractivity contribution in [3.8, 4) is 0 Å². The monoisotopic (exact) mass is 470 g/mol. The van der Waals surface area contributed by atoms with Gasteiger partial charge in [0.2, 0.25) is 0 Å². The van der Waals surface area contributed by atoms with Crippen molar-refractivity contribution in [2.75, 3.05) is 19.8 Å². The summed E-state index contributed by atoms with van der Waals surface area (Å²) in [7, 11) is 0. The Morgan fingerprint density at radius 2 is 1.59 bits per heavy atom. The van der Waals surface area contributed by atoms with E-state index in [9.17, 15) is 9.59 Å². The number of benzene rings is 1. The fourth-order valence-electron chi connectivity index (χ4n) is 4.77. The van der Waals surface area contributed by atoms with Gasteiger partial charge >= 0.3 is 11.9 Å². The first-order chi connectivity index (χ1) is 16.3. The first kappa shape index (κ1) is 27.8. The standard InChI is InChI=1S/C29H42O5/c1-5-6-7-23-8-10-24(11-9-23)25-12-14-26(15-13-25)27(16-18-33-28(31)21(2)3)17-19-34-29(32)22(4)20-30/h8-11,25-27,30H,2,4-7,12-20H2,1,3H3. The lowest BCUT2D eigenvalue weighted by Crippen LogP contribution is -2.25. The van der Waals surface area contributed by atoms with Crippen LogP contribution in [0.15, 0.2) is 48.6 Å². The minimum atomic E-state index is -0.555. The molecule has 1 saturated carbocycles. The smallest absolute Gasteiger partial charge is 0.335 e. The number of aliphatic hydroxyl groups is 1. The van der Waals surface area contributed by atoms with Crippen LogP contribution in [0.3, 0.4) is 0 Å². The van der Waals surface area contributed by atoms with Crippen molar-refractivity contribution in [1.82, 2.24) is 0 Å². The summed E-state index contributed by atoms with van der Waals surface area (Å²) < 4.78 is 10.6. The minimum absolute atomic E-state index is 0.0631. The lowest BCUT2D eigenvalue weighted by molar-refractivity contribution is -0.140. The molecule has 1 aliphatic carbocycles. The first-order valence-electron chi connectivity index (χ1n) is 12.7. The lowest BCUT2D eigenvalue weighted by Gasteiger charge is -2.34. The molecule has 1 unspecified atom stereocenters. The summed E-state index contributed by atoms with van der Waals surface area (Å²) in [5.41, 5.74) is 3.31. The van der Waals surface area contributed by atoms with E-state index >= 15 is 0 Å². The average molecular weight is 471 g/mol. The molecule has 5 nitrogen and oxygen atoms in total. The van der Waals surface area contributed by atoms with Crippen molar-refractivity contribution in [1.29, 1.82) is 0 Å². The third-order valence-electron chi connectivity index (χ3n) is 6.98. The van der Waals surface area contributed by atoms with Gasteiger partial charge in [-0.1, -0.05) is 50.8 Å². The van der Waals surface area contributed by atoms with Gasteiger partial charge in [-0.25, -0.2) is 9.59 Å². The number of unbranched alkanes of at least 4 members (excludes halogenated alkanes) is 1. The van der Waals surface area contributed by atoms with Crippen LogP contribution in [-0.2, 0) is 25.5 Å². The van der Waals surface area contributed by atoms with Gasteiger partial charge in [-0.3, -0.25) is 0 Å². The molecule has 1 aromatic rings. The summed E-state index contributed by atoms with van der Waals surface area (Å²) in [5.74, 6) is 0.467. The van der Waals surface area contributed by atoms with E-state index in [0.29, 0.717) is 36.4 Å². The second-order valence-electron chi connectivity index (χ2n) is 9.61. The van der Waals surface area contributed by atoms with E-state index in [0.717, 1.165) is 38.5 Å². The Morgan fingerprint density at radius 3 is 2.12 bits per heavy atom. The van der Waals surface area contributed by atoms with Crippen molar-refractivity contribution < 1.29 is 24.2 Å². The second kappa shape index (κ2) is 14.8. The first-order valence-corrected chi connectivity index (χ1v) is 12.7. The predicted molar refractivity (Wildman–Crippen MR) is 135 cm³/mol. The SMILES string of the molecule is C=C(C)C(=O)OCCC(CCOC(=O)C(=C)CO)C1CCC(c2ccc(CCCC)cc2)CC1. The highest BCUT2D eigenvalue weighted by Gasteiger charge is 2.28. The number of carbonyl (C=O) groups is 2. The molecule has 0 aromatic heterocycles. The number of aryl methyl sites for hydroxylation is 1. The summed E-state index contributed by atoms with van der Waals surface area (Å²) in [6, 6.07) is 9.17. The van der Waals surface area contributed by atoms with Gasteiger partial charge in [0, 0.05) is 5.57 Å². The highest BCUT2D eigenvalue weighted by molar-refractivity contribution is 5.88. The van der Waals surface area contributed by atoms with Crippen LogP contribution in [-0.4, -0.2) is 36.9 Å². The Balaban J connectivity index is 1.90. The third-order valence-corrected chi connectivity index (χ3v) is 6.98. The minimum Gasteiger partial charge on any atom is -0.462 e. The number of carbonyl (C=O) groups excluding carboxylic acids is 2. The number of hydrogen-bond acceptors (Lipinski definition) is 5. The van der Waals surface area contributed by atoms with Crippen LogP contribution >= 0.6 is 0 Å². The van der Waals surface area contributed by atoms with Gasteiger partial charge in [-0.2, -0.15) is 0 Å².